The van der Waals surface area contributed by atoms with Crippen molar-refractivity contribution in [3.05, 3.63) is 51.9 Å². The zero-order chi connectivity index (χ0) is 24.6. The van der Waals surface area contributed by atoms with E-state index < -0.39 is 5.60 Å². The van der Waals surface area contributed by atoms with Gasteiger partial charge in [-0.05, 0) is 70.7 Å². The number of carbonyl (C=O) groups excluding carboxylic acids is 2. The number of nitrogens with zero attached hydrogens (tertiary/aromatic N) is 4. The summed E-state index contributed by atoms with van der Waals surface area (Å²) < 4.78 is 9.30. The molecule has 1 unspecified atom stereocenters. The van der Waals surface area contributed by atoms with Crippen LogP contribution in [-0.2, 0) is 18.3 Å². The van der Waals surface area contributed by atoms with Crippen molar-refractivity contribution < 1.29 is 14.3 Å². The Labute approximate surface area is 199 Å². The van der Waals surface area contributed by atoms with Gasteiger partial charge < -0.3 is 18.8 Å². The summed E-state index contributed by atoms with van der Waals surface area (Å²) in [5.41, 5.74) is 3.11. The third kappa shape index (κ3) is 4.90. The van der Waals surface area contributed by atoms with Gasteiger partial charge in [-0.25, -0.2) is 9.78 Å². The van der Waals surface area contributed by atoms with Gasteiger partial charge in [0.25, 0.3) is 5.56 Å². The van der Waals surface area contributed by atoms with E-state index in [0.717, 1.165) is 41.5 Å². The number of aldehydes is 1. The molecule has 2 aromatic heterocycles. The minimum Gasteiger partial charge on any atom is -0.444 e. The van der Waals surface area contributed by atoms with E-state index in [-0.39, 0.29) is 17.6 Å². The zero-order valence-corrected chi connectivity index (χ0v) is 20.5. The first-order valence-corrected chi connectivity index (χ1v) is 11.7. The fourth-order valence-electron chi connectivity index (χ4n) is 4.59. The van der Waals surface area contributed by atoms with Gasteiger partial charge in [-0.15, -0.1) is 0 Å². The lowest BCUT2D eigenvalue weighted by Crippen LogP contribution is -2.43. The molecule has 3 heterocycles. The summed E-state index contributed by atoms with van der Waals surface area (Å²) >= 11 is 0. The maximum atomic E-state index is 12.7. The molecule has 0 radical (unpaired) electrons. The lowest BCUT2D eigenvalue weighted by atomic mass is 9.98. The Morgan fingerprint density at radius 3 is 2.71 bits per heavy atom. The highest BCUT2D eigenvalue weighted by Gasteiger charge is 2.29. The molecule has 34 heavy (non-hydrogen) atoms. The number of likely N-dealkylation sites (tertiary alicyclic amines) is 1. The zero-order valence-electron chi connectivity index (χ0n) is 20.5. The van der Waals surface area contributed by atoms with Gasteiger partial charge in [0.05, 0.1) is 11.0 Å². The number of piperidine rings is 1. The lowest BCUT2D eigenvalue weighted by molar-refractivity contribution is 0.0158. The summed E-state index contributed by atoms with van der Waals surface area (Å²) in [5, 5.41) is 0. The van der Waals surface area contributed by atoms with Crippen molar-refractivity contribution in [2.24, 2.45) is 13.0 Å². The fraction of sp³-hybridized carbons (Fsp3) is 0.462. The van der Waals surface area contributed by atoms with Gasteiger partial charge in [0.2, 0.25) is 0 Å². The number of benzene rings is 1. The van der Waals surface area contributed by atoms with Crippen molar-refractivity contribution in [2.45, 2.75) is 52.7 Å². The summed E-state index contributed by atoms with van der Waals surface area (Å²) in [4.78, 5) is 42.9. The van der Waals surface area contributed by atoms with Gasteiger partial charge in [0, 0.05) is 49.6 Å². The van der Waals surface area contributed by atoms with Crippen LogP contribution >= 0.6 is 0 Å². The molecule has 1 fully saturated rings. The maximum Gasteiger partial charge on any atom is 0.410 e. The molecule has 1 atom stereocenters. The number of imidazole rings is 1. The van der Waals surface area contributed by atoms with Gasteiger partial charge >= 0.3 is 6.09 Å². The molecular weight excluding hydrogens is 432 g/mol. The quantitative estimate of drug-likeness (QED) is 0.541. The van der Waals surface area contributed by atoms with E-state index in [1.165, 1.54) is 0 Å². The smallest absolute Gasteiger partial charge is 0.410 e. The van der Waals surface area contributed by atoms with Crippen molar-refractivity contribution in [2.75, 3.05) is 13.1 Å². The van der Waals surface area contributed by atoms with Crippen LogP contribution in [0.3, 0.4) is 0 Å². The largest absolute Gasteiger partial charge is 0.444 e. The number of rotatable bonds is 4. The van der Waals surface area contributed by atoms with Crippen LogP contribution in [0.2, 0.25) is 0 Å². The molecule has 0 N–H and O–H groups in total. The number of aromatic nitrogens is 3. The summed E-state index contributed by atoms with van der Waals surface area (Å²) in [6.45, 7) is 9.37. The van der Waals surface area contributed by atoms with Gasteiger partial charge in [0.1, 0.15) is 17.7 Å². The summed E-state index contributed by atoms with van der Waals surface area (Å²) in [7, 11) is 1.73. The van der Waals surface area contributed by atoms with Crippen LogP contribution in [0, 0.1) is 12.8 Å². The van der Waals surface area contributed by atoms with Crippen molar-refractivity contribution in [3.8, 4) is 11.4 Å². The minimum absolute atomic E-state index is 0.0464. The molecule has 0 spiro atoms. The third-order valence-electron chi connectivity index (χ3n) is 6.14. The van der Waals surface area contributed by atoms with E-state index in [9.17, 15) is 14.4 Å². The summed E-state index contributed by atoms with van der Waals surface area (Å²) in [5.74, 6) is 0.961. The van der Waals surface area contributed by atoms with E-state index in [4.69, 9.17) is 9.72 Å². The second kappa shape index (κ2) is 9.08. The Morgan fingerprint density at radius 1 is 1.26 bits per heavy atom. The normalized spacial score (nSPS) is 16.6. The molecule has 1 aliphatic rings. The number of fused-ring (bicyclic) bond motifs is 1. The van der Waals surface area contributed by atoms with Crippen molar-refractivity contribution >= 4 is 23.4 Å². The maximum absolute atomic E-state index is 12.7. The first-order chi connectivity index (χ1) is 16.1. The molecular formula is C26H32N4O4. The first-order valence-electron chi connectivity index (χ1n) is 11.7. The Balaban J connectivity index is 1.71. The van der Waals surface area contributed by atoms with Crippen LogP contribution in [-0.4, -0.2) is 50.1 Å². The SMILES string of the molecule is Cc1cc(-c2nc3cc(C=O)ccc3n2CC2CCCN(C(=O)OC(C)(C)C)C2)cn(C)c1=O. The lowest BCUT2D eigenvalue weighted by Gasteiger charge is -2.34. The molecule has 0 aliphatic carbocycles. The Morgan fingerprint density at radius 2 is 2.03 bits per heavy atom. The number of aryl methyl sites for hydroxylation is 2. The number of hydrogen-bond acceptors (Lipinski definition) is 5. The number of ether oxygens (including phenoxy) is 1. The highest BCUT2D eigenvalue weighted by atomic mass is 16.6. The number of carbonyl (C=O) groups is 2. The highest BCUT2D eigenvalue weighted by Crippen LogP contribution is 2.29. The topological polar surface area (TPSA) is 86.4 Å². The van der Waals surface area contributed by atoms with Crippen molar-refractivity contribution in [1.29, 1.82) is 0 Å². The summed E-state index contributed by atoms with van der Waals surface area (Å²) in [6, 6.07) is 7.34. The average Bonchev–Trinajstić information content (AvgIpc) is 3.13. The minimum atomic E-state index is -0.533. The monoisotopic (exact) mass is 464 g/mol. The second-order valence-corrected chi connectivity index (χ2v) is 10.2. The average molecular weight is 465 g/mol. The number of pyridine rings is 1. The second-order valence-electron chi connectivity index (χ2n) is 10.2. The van der Waals surface area contributed by atoms with Gasteiger partial charge in [0.15, 0.2) is 0 Å². The first kappa shape index (κ1) is 23.7. The molecule has 1 aromatic carbocycles. The number of amides is 1. The molecule has 1 amide bonds. The predicted octanol–water partition coefficient (Wildman–Crippen LogP) is 4.17. The molecule has 3 aromatic rings. The van der Waals surface area contributed by atoms with Crippen LogP contribution in [0.15, 0.2) is 35.3 Å². The molecule has 8 nitrogen and oxygen atoms in total. The molecule has 180 valence electrons. The van der Waals surface area contributed by atoms with Gasteiger partial charge in [-0.3, -0.25) is 9.59 Å². The Bertz CT molecular complexity index is 1270. The van der Waals surface area contributed by atoms with E-state index in [2.05, 4.69) is 4.57 Å². The van der Waals surface area contributed by atoms with Crippen molar-refractivity contribution in [3.63, 3.8) is 0 Å². The van der Waals surface area contributed by atoms with E-state index >= 15 is 0 Å². The molecule has 4 rings (SSSR count). The van der Waals surface area contributed by atoms with E-state index in [0.29, 0.717) is 30.8 Å². The summed E-state index contributed by atoms with van der Waals surface area (Å²) in [6.07, 6.45) is 4.21. The molecule has 0 saturated carbocycles. The predicted molar refractivity (Wildman–Crippen MR) is 131 cm³/mol. The van der Waals surface area contributed by atoms with Crippen LogP contribution in [0.25, 0.3) is 22.4 Å². The van der Waals surface area contributed by atoms with Crippen molar-refractivity contribution in [1.82, 2.24) is 19.0 Å². The van der Waals surface area contributed by atoms with E-state index in [1.54, 1.807) is 41.8 Å². The Kier molecular flexibility index (Phi) is 6.34. The van der Waals surface area contributed by atoms with E-state index in [1.807, 2.05) is 32.9 Å². The molecule has 8 heteroatoms. The Hall–Kier alpha value is -3.42. The molecule has 1 saturated heterocycles. The molecule has 0 bridgehead atoms. The van der Waals surface area contributed by atoms with Crippen LogP contribution in [0.4, 0.5) is 4.79 Å². The third-order valence-corrected chi connectivity index (χ3v) is 6.14. The van der Waals surface area contributed by atoms with Gasteiger partial charge in [-0.2, -0.15) is 0 Å². The van der Waals surface area contributed by atoms with Crippen LogP contribution < -0.4 is 5.56 Å². The van der Waals surface area contributed by atoms with Gasteiger partial charge in [-0.1, -0.05) is 0 Å². The fourth-order valence-corrected chi connectivity index (χ4v) is 4.59. The molecule has 1 aliphatic heterocycles. The number of hydrogen-bond donors (Lipinski definition) is 0. The highest BCUT2D eigenvalue weighted by molar-refractivity contribution is 5.87. The van der Waals surface area contributed by atoms with Crippen LogP contribution in [0.5, 0.6) is 0 Å². The van der Waals surface area contributed by atoms with Crippen LogP contribution in [0.1, 0.15) is 49.5 Å². The standard InChI is InChI=1S/C26H32N4O4/c1-17-11-20(15-28(5)24(17)32)23-27-21-12-18(16-31)8-9-22(21)30(23)14-19-7-6-10-29(13-19)25(33)34-26(2,3)4/h8-9,11-12,15-16,19H,6-7,10,13-14H2,1-5H3.